The first kappa shape index (κ1) is 13.3. The number of nitrogens with zero attached hydrogens (tertiary/aromatic N) is 2. The molecule has 0 aliphatic heterocycles. The van der Waals surface area contributed by atoms with E-state index in [1.54, 1.807) is 0 Å². The maximum Gasteiger partial charge on any atom is 0.136 e. The number of carbonyl (C=O) groups is 1. The van der Waals surface area contributed by atoms with Crippen LogP contribution in [0.4, 0.5) is 0 Å². The minimum absolute atomic E-state index is 0.223. The van der Waals surface area contributed by atoms with Gasteiger partial charge in [0.2, 0.25) is 0 Å². The Hall–Kier alpha value is -1.12. The fraction of sp³-hybridized carbons (Fsp3) is 0.733. The Balaban J connectivity index is 2.00. The van der Waals surface area contributed by atoms with Crippen molar-refractivity contribution in [2.75, 3.05) is 0 Å². The minimum atomic E-state index is 0.223. The van der Waals surface area contributed by atoms with Gasteiger partial charge in [-0.05, 0) is 43.6 Å². The summed E-state index contributed by atoms with van der Waals surface area (Å²) < 4.78 is 1.93. The molecular formula is C15H24N2O. The normalized spacial score (nSPS) is 24.8. The lowest BCUT2D eigenvalue weighted by molar-refractivity contribution is -0.125. The van der Waals surface area contributed by atoms with E-state index in [1.807, 2.05) is 10.9 Å². The Morgan fingerprint density at radius 1 is 1.50 bits per heavy atom. The molecule has 100 valence electrons. The summed E-state index contributed by atoms with van der Waals surface area (Å²) in [5.74, 6) is 2.09. The summed E-state index contributed by atoms with van der Waals surface area (Å²) in [6.07, 6.45) is 7.79. The number of carbonyl (C=O) groups excluding carboxylic acids is 1. The second kappa shape index (κ2) is 5.68. The van der Waals surface area contributed by atoms with Crippen LogP contribution in [0.3, 0.4) is 0 Å². The number of aryl methyl sites for hydroxylation is 1. The highest BCUT2D eigenvalue weighted by Gasteiger charge is 2.30. The van der Waals surface area contributed by atoms with Crippen LogP contribution in [0.1, 0.15) is 45.6 Å². The molecule has 0 N–H and O–H groups in total. The second-order valence-electron chi connectivity index (χ2n) is 5.85. The van der Waals surface area contributed by atoms with Gasteiger partial charge in [0.15, 0.2) is 0 Å². The fourth-order valence-corrected chi connectivity index (χ4v) is 2.92. The molecule has 1 aromatic heterocycles. The molecule has 0 bridgehead atoms. The van der Waals surface area contributed by atoms with Crippen LogP contribution in [0.15, 0.2) is 12.4 Å². The zero-order valence-electron chi connectivity index (χ0n) is 11.7. The van der Waals surface area contributed by atoms with E-state index in [0.717, 1.165) is 32.2 Å². The Morgan fingerprint density at radius 2 is 2.28 bits per heavy atom. The number of hydrogen-bond acceptors (Lipinski definition) is 2. The van der Waals surface area contributed by atoms with Crippen molar-refractivity contribution in [1.29, 1.82) is 0 Å². The highest BCUT2D eigenvalue weighted by molar-refractivity contribution is 5.82. The van der Waals surface area contributed by atoms with Gasteiger partial charge in [-0.15, -0.1) is 0 Å². The molecule has 0 amide bonds. The lowest BCUT2D eigenvalue weighted by atomic mass is 9.74. The molecule has 2 atom stereocenters. The Kier molecular flexibility index (Phi) is 4.20. The SMILES string of the molecule is CCn1cc(CC2CC(C(C)C)CCC2=O)cn1. The first-order valence-corrected chi connectivity index (χ1v) is 7.14. The molecule has 0 saturated heterocycles. The largest absolute Gasteiger partial charge is 0.299 e. The third-order valence-corrected chi connectivity index (χ3v) is 4.24. The first-order valence-electron chi connectivity index (χ1n) is 7.14. The van der Waals surface area contributed by atoms with E-state index >= 15 is 0 Å². The number of Topliss-reactive ketones (excluding diaryl/α,β-unsaturated/α-hetero) is 1. The van der Waals surface area contributed by atoms with Gasteiger partial charge in [-0.1, -0.05) is 13.8 Å². The maximum absolute atomic E-state index is 12.0. The van der Waals surface area contributed by atoms with Crippen molar-refractivity contribution >= 4 is 5.78 Å². The first-order chi connectivity index (χ1) is 8.60. The molecule has 18 heavy (non-hydrogen) atoms. The van der Waals surface area contributed by atoms with Crippen LogP contribution in [0.25, 0.3) is 0 Å². The fourth-order valence-electron chi connectivity index (χ4n) is 2.92. The Labute approximate surface area is 110 Å². The van der Waals surface area contributed by atoms with Crippen LogP contribution in [0, 0.1) is 17.8 Å². The number of ketones is 1. The van der Waals surface area contributed by atoms with E-state index in [9.17, 15) is 4.79 Å². The van der Waals surface area contributed by atoms with Crippen molar-refractivity contribution in [3.05, 3.63) is 18.0 Å². The van der Waals surface area contributed by atoms with Gasteiger partial charge in [-0.2, -0.15) is 5.10 Å². The molecule has 1 aromatic rings. The van der Waals surface area contributed by atoms with E-state index in [0.29, 0.717) is 17.6 Å². The van der Waals surface area contributed by atoms with E-state index in [2.05, 4.69) is 32.1 Å². The number of aromatic nitrogens is 2. The molecule has 3 heteroatoms. The standard InChI is InChI=1S/C15H24N2O/c1-4-17-10-12(9-16-17)7-14-8-13(11(2)3)5-6-15(14)18/h9-11,13-14H,4-8H2,1-3H3. The maximum atomic E-state index is 12.0. The van der Waals surface area contributed by atoms with Gasteiger partial charge in [-0.3, -0.25) is 9.48 Å². The van der Waals surface area contributed by atoms with Crippen molar-refractivity contribution in [3.8, 4) is 0 Å². The summed E-state index contributed by atoms with van der Waals surface area (Å²) in [5, 5.41) is 4.28. The van der Waals surface area contributed by atoms with Crippen molar-refractivity contribution in [1.82, 2.24) is 9.78 Å². The van der Waals surface area contributed by atoms with Crippen molar-refractivity contribution in [2.45, 2.75) is 53.0 Å². The molecular weight excluding hydrogens is 224 g/mol. The van der Waals surface area contributed by atoms with Gasteiger partial charge in [0.1, 0.15) is 5.78 Å². The second-order valence-corrected chi connectivity index (χ2v) is 5.85. The van der Waals surface area contributed by atoms with Crippen LogP contribution in [0.2, 0.25) is 0 Å². The smallest absolute Gasteiger partial charge is 0.136 e. The Morgan fingerprint density at radius 3 is 2.89 bits per heavy atom. The topological polar surface area (TPSA) is 34.9 Å². The molecule has 1 aliphatic rings. The van der Waals surface area contributed by atoms with Crippen molar-refractivity contribution < 1.29 is 4.79 Å². The molecule has 1 saturated carbocycles. The summed E-state index contributed by atoms with van der Waals surface area (Å²) in [6.45, 7) is 7.52. The van der Waals surface area contributed by atoms with Crippen LogP contribution in [-0.4, -0.2) is 15.6 Å². The van der Waals surface area contributed by atoms with E-state index in [-0.39, 0.29) is 5.92 Å². The zero-order chi connectivity index (χ0) is 13.1. The van der Waals surface area contributed by atoms with Crippen molar-refractivity contribution in [3.63, 3.8) is 0 Å². The quantitative estimate of drug-likeness (QED) is 0.820. The van der Waals surface area contributed by atoms with Crippen LogP contribution >= 0.6 is 0 Å². The van der Waals surface area contributed by atoms with Gasteiger partial charge in [0, 0.05) is 25.1 Å². The monoisotopic (exact) mass is 248 g/mol. The molecule has 1 heterocycles. The zero-order valence-corrected chi connectivity index (χ0v) is 11.7. The lowest BCUT2D eigenvalue weighted by Gasteiger charge is -2.30. The lowest BCUT2D eigenvalue weighted by Crippen LogP contribution is -2.28. The predicted molar refractivity (Wildman–Crippen MR) is 72.3 cm³/mol. The predicted octanol–water partition coefficient (Wildman–Crippen LogP) is 3.09. The molecule has 2 rings (SSSR count). The molecule has 1 aliphatic carbocycles. The van der Waals surface area contributed by atoms with Gasteiger partial charge < -0.3 is 0 Å². The highest BCUT2D eigenvalue weighted by atomic mass is 16.1. The van der Waals surface area contributed by atoms with E-state index in [1.165, 1.54) is 5.56 Å². The summed E-state index contributed by atoms with van der Waals surface area (Å²) in [5.41, 5.74) is 1.21. The molecule has 0 spiro atoms. The minimum Gasteiger partial charge on any atom is -0.299 e. The van der Waals surface area contributed by atoms with Gasteiger partial charge in [-0.25, -0.2) is 0 Å². The molecule has 0 aromatic carbocycles. The summed E-state index contributed by atoms with van der Waals surface area (Å²) in [4.78, 5) is 12.0. The molecule has 2 unspecified atom stereocenters. The van der Waals surface area contributed by atoms with Crippen LogP contribution in [-0.2, 0) is 17.8 Å². The summed E-state index contributed by atoms with van der Waals surface area (Å²) in [6, 6.07) is 0. The molecule has 1 fully saturated rings. The van der Waals surface area contributed by atoms with E-state index in [4.69, 9.17) is 0 Å². The van der Waals surface area contributed by atoms with Gasteiger partial charge >= 0.3 is 0 Å². The average Bonchev–Trinajstić information content (AvgIpc) is 2.79. The number of hydrogen-bond donors (Lipinski definition) is 0. The Bertz CT molecular complexity index is 408. The average molecular weight is 248 g/mol. The van der Waals surface area contributed by atoms with Crippen LogP contribution < -0.4 is 0 Å². The third kappa shape index (κ3) is 3.01. The summed E-state index contributed by atoms with van der Waals surface area (Å²) in [7, 11) is 0. The van der Waals surface area contributed by atoms with Gasteiger partial charge in [0.25, 0.3) is 0 Å². The molecule has 3 nitrogen and oxygen atoms in total. The summed E-state index contributed by atoms with van der Waals surface area (Å²) >= 11 is 0. The van der Waals surface area contributed by atoms with Crippen molar-refractivity contribution in [2.24, 2.45) is 17.8 Å². The van der Waals surface area contributed by atoms with Gasteiger partial charge in [0.05, 0.1) is 6.20 Å². The van der Waals surface area contributed by atoms with E-state index < -0.39 is 0 Å². The molecule has 0 radical (unpaired) electrons. The highest BCUT2D eigenvalue weighted by Crippen LogP contribution is 2.33. The van der Waals surface area contributed by atoms with Crippen LogP contribution in [0.5, 0.6) is 0 Å². The number of rotatable bonds is 4. The third-order valence-electron chi connectivity index (χ3n) is 4.24.